The summed E-state index contributed by atoms with van der Waals surface area (Å²) in [5, 5.41) is 3.25. The first-order chi connectivity index (χ1) is 22.6. The van der Waals surface area contributed by atoms with Gasteiger partial charge in [0.25, 0.3) is 10.0 Å². The molecule has 1 N–H and O–H groups in total. The van der Waals surface area contributed by atoms with Gasteiger partial charge in [0.05, 0.1) is 10.6 Å². The number of carbonyl (C=O) groups excluding carboxylic acids is 2. The first kappa shape index (κ1) is 34.4. The van der Waals surface area contributed by atoms with E-state index in [9.17, 15) is 18.0 Å². The lowest BCUT2D eigenvalue weighted by Gasteiger charge is -2.35. The van der Waals surface area contributed by atoms with E-state index in [-0.39, 0.29) is 29.8 Å². The molecule has 7 nitrogen and oxygen atoms in total. The molecule has 0 spiro atoms. The standard InChI is InChI=1S/C38H42BrN3O4S/c1-28-13-12-20-35(29(28)2)42(47(45,46)34-18-10-5-11-19-34)27-37(43)41(26-31-21-23-32(39)24-22-31)36(25-30-14-6-3-7-15-30)38(44)40-33-16-8-4-9-17-33/h3,5-7,10-15,18-24,33,36H,4,8-9,16-17,25-27H2,1-2H3,(H,40,44)/t36-/m1/s1. The molecule has 1 saturated carbocycles. The fourth-order valence-corrected chi connectivity index (χ4v) is 7.88. The molecule has 2 amide bonds. The van der Waals surface area contributed by atoms with Crippen molar-refractivity contribution in [2.45, 2.75) is 75.9 Å². The van der Waals surface area contributed by atoms with E-state index in [2.05, 4.69) is 21.2 Å². The first-order valence-electron chi connectivity index (χ1n) is 16.2. The minimum Gasteiger partial charge on any atom is -0.352 e. The van der Waals surface area contributed by atoms with Gasteiger partial charge in [-0.1, -0.05) is 108 Å². The van der Waals surface area contributed by atoms with Gasteiger partial charge < -0.3 is 10.2 Å². The molecule has 1 aliphatic rings. The van der Waals surface area contributed by atoms with Gasteiger partial charge in [-0.25, -0.2) is 8.42 Å². The number of carbonyl (C=O) groups is 2. The summed E-state index contributed by atoms with van der Waals surface area (Å²) in [6.07, 6.45) is 5.35. The third-order valence-electron chi connectivity index (χ3n) is 8.94. The van der Waals surface area contributed by atoms with Gasteiger partial charge in [-0.15, -0.1) is 0 Å². The van der Waals surface area contributed by atoms with Gasteiger partial charge in [0, 0.05) is 23.5 Å². The molecule has 5 rings (SSSR count). The number of aryl methyl sites for hydroxylation is 1. The minimum absolute atomic E-state index is 0.0454. The van der Waals surface area contributed by atoms with Crippen molar-refractivity contribution in [2.75, 3.05) is 10.8 Å². The largest absolute Gasteiger partial charge is 0.352 e. The van der Waals surface area contributed by atoms with E-state index in [1.807, 2.05) is 74.5 Å². The number of nitrogens with one attached hydrogen (secondary N) is 1. The Morgan fingerprint density at radius 3 is 2.11 bits per heavy atom. The van der Waals surface area contributed by atoms with Gasteiger partial charge in [0.15, 0.2) is 0 Å². The average molecular weight is 717 g/mol. The summed E-state index contributed by atoms with van der Waals surface area (Å²) >= 11 is 3.49. The molecule has 0 heterocycles. The zero-order chi connectivity index (χ0) is 33.4. The molecule has 0 aliphatic heterocycles. The second-order valence-corrected chi connectivity index (χ2v) is 15.0. The summed E-state index contributed by atoms with van der Waals surface area (Å²) in [6.45, 7) is 3.44. The summed E-state index contributed by atoms with van der Waals surface area (Å²) in [4.78, 5) is 30.6. The summed E-state index contributed by atoms with van der Waals surface area (Å²) in [6, 6.07) is 30.0. The number of halogens is 1. The number of nitrogens with zero attached hydrogens (tertiary/aromatic N) is 2. The number of benzene rings is 4. The van der Waals surface area contributed by atoms with Gasteiger partial charge >= 0.3 is 0 Å². The third kappa shape index (κ3) is 8.70. The summed E-state index contributed by atoms with van der Waals surface area (Å²) < 4.78 is 30.6. The highest BCUT2D eigenvalue weighted by Crippen LogP contribution is 2.29. The number of amides is 2. The number of sulfonamides is 1. The van der Waals surface area contributed by atoms with Crippen molar-refractivity contribution >= 4 is 43.5 Å². The number of hydrogen-bond acceptors (Lipinski definition) is 4. The Bertz CT molecular complexity index is 1760. The lowest BCUT2D eigenvalue weighted by molar-refractivity contribution is -0.140. The molecule has 4 aromatic rings. The zero-order valence-electron chi connectivity index (χ0n) is 26.9. The number of hydrogen-bond donors (Lipinski definition) is 1. The molecule has 0 radical (unpaired) electrons. The molecule has 0 unspecified atom stereocenters. The smallest absolute Gasteiger partial charge is 0.264 e. The summed E-state index contributed by atoms with van der Waals surface area (Å²) in [7, 11) is -4.15. The van der Waals surface area contributed by atoms with E-state index in [0.717, 1.165) is 58.8 Å². The summed E-state index contributed by atoms with van der Waals surface area (Å²) in [5.74, 6) is -0.691. The van der Waals surface area contributed by atoms with E-state index in [1.165, 1.54) is 16.4 Å². The molecule has 1 aliphatic carbocycles. The van der Waals surface area contributed by atoms with Crippen LogP contribution in [0.5, 0.6) is 0 Å². The normalized spacial score (nSPS) is 14.3. The van der Waals surface area contributed by atoms with E-state index in [4.69, 9.17) is 0 Å². The van der Waals surface area contributed by atoms with Crippen LogP contribution in [0, 0.1) is 13.8 Å². The molecular weight excluding hydrogens is 674 g/mol. The lowest BCUT2D eigenvalue weighted by Crippen LogP contribution is -2.55. The highest BCUT2D eigenvalue weighted by atomic mass is 79.9. The topological polar surface area (TPSA) is 86.8 Å². The lowest BCUT2D eigenvalue weighted by atomic mass is 9.94. The van der Waals surface area contributed by atoms with Crippen LogP contribution < -0.4 is 9.62 Å². The quantitative estimate of drug-likeness (QED) is 0.166. The molecule has 4 aromatic carbocycles. The van der Waals surface area contributed by atoms with E-state index < -0.39 is 28.5 Å². The van der Waals surface area contributed by atoms with Crippen LogP contribution in [0.1, 0.15) is 54.4 Å². The highest BCUT2D eigenvalue weighted by molar-refractivity contribution is 9.10. The molecule has 0 saturated heterocycles. The van der Waals surface area contributed by atoms with Gasteiger partial charge in [-0.3, -0.25) is 13.9 Å². The zero-order valence-corrected chi connectivity index (χ0v) is 29.3. The van der Waals surface area contributed by atoms with Crippen LogP contribution in [0.4, 0.5) is 5.69 Å². The van der Waals surface area contributed by atoms with Crippen molar-refractivity contribution in [3.05, 3.63) is 130 Å². The fraction of sp³-hybridized carbons (Fsp3) is 0.316. The molecule has 9 heteroatoms. The maximum Gasteiger partial charge on any atom is 0.264 e. The van der Waals surface area contributed by atoms with Crippen molar-refractivity contribution in [3.8, 4) is 0 Å². The Labute approximate surface area is 287 Å². The van der Waals surface area contributed by atoms with E-state index >= 15 is 0 Å². The van der Waals surface area contributed by atoms with E-state index in [1.54, 1.807) is 35.2 Å². The Morgan fingerprint density at radius 2 is 1.45 bits per heavy atom. The molecule has 47 heavy (non-hydrogen) atoms. The third-order valence-corrected chi connectivity index (χ3v) is 11.2. The SMILES string of the molecule is Cc1cccc(N(CC(=O)N(Cc2ccc(Br)cc2)[C@H](Cc2ccccc2)C(=O)NC2CCCCC2)S(=O)(=O)c2ccccc2)c1C. The Kier molecular flexibility index (Phi) is 11.5. The van der Waals surface area contributed by atoms with Crippen LogP contribution in [0.3, 0.4) is 0 Å². The molecular formula is C38H42BrN3O4S. The van der Waals surface area contributed by atoms with Gasteiger partial charge in [0.2, 0.25) is 11.8 Å². The molecule has 0 aromatic heterocycles. The maximum absolute atomic E-state index is 14.7. The predicted octanol–water partition coefficient (Wildman–Crippen LogP) is 7.35. The predicted molar refractivity (Wildman–Crippen MR) is 191 cm³/mol. The summed E-state index contributed by atoms with van der Waals surface area (Å²) in [5.41, 5.74) is 3.83. The molecule has 246 valence electrons. The Hall–Kier alpha value is -3.95. The Morgan fingerprint density at radius 1 is 0.809 bits per heavy atom. The minimum atomic E-state index is -4.15. The fourth-order valence-electron chi connectivity index (χ4n) is 6.12. The molecule has 1 fully saturated rings. The van der Waals surface area contributed by atoms with Crippen molar-refractivity contribution in [2.24, 2.45) is 0 Å². The monoisotopic (exact) mass is 715 g/mol. The number of rotatable bonds is 12. The van der Waals surface area contributed by atoms with Crippen molar-refractivity contribution in [3.63, 3.8) is 0 Å². The van der Waals surface area contributed by atoms with Crippen molar-refractivity contribution in [1.82, 2.24) is 10.2 Å². The first-order valence-corrected chi connectivity index (χ1v) is 18.4. The van der Waals surface area contributed by atoms with Crippen LogP contribution in [-0.4, -0.2) is 43.8 Å². The van der Waals surface area contributed by atoms with Crippen molar-refractivity contribution < 1.29 is 18.0 Å². The second-order valence-electron chi connectivity index (χ2n) is 12.2. The van der Waals surface area contributed by atoms with Gasteiger partial charge in [-0.05, 0) is 79.3 Å². The average Bonchev–Trinajstić information content (AvgIpc) is 3.08. The molecule has 0 bridgehead atoms. The highest BCUT2D eigenvalue weighted by Gasteiger charge is 2.36. The van der Waals surface area contributed by atoms with Crippen LogP contribution in [0.2, 0.25) is 0 Å². The Balaban J connectivity index is 1.58. The maximum atomic E-state index is 14.7. The van der Waals surface area contributed by atoms with Crippen LogP contribution in [-0.2, 0) is 32.6 Å². The van der Waals surface area contributed by atoms with Crippen LogP contribution >= 0.6 is 15.9 Å². The van der Waals surface area contributed by atoms with Crippen LogP contribution in [0.15, 0.2) is 112 Å². The van der Waals surface area contributed by atoms with Crippen molar-refractivity contribution in [1.29, 1.82) is 0 Å². The second kappa shape index (κ2) is 15.8. The van der Waals surface area contributed by atoms with Crippen LogP contribution in [0.25, 0.3) is 0 Å². The number of anilines is 1. The molecule has 1 atom stereocenters. The van der Waals surface area contributed by atoms with Gasteiger partial charge in [-0.2, -0.15) is 0 Å². The van der Waals surface area contributed by atoms with Gasteiger partial charge in [0.1, 0.15) is 12.6 Å². The van der Waals surface area contributed by atoms with E-state index in [0.29, 0.717) is 5.69 Å².